The number of nitrogens with one attached hydrogen (secondary N) is 1. The minimum absolute atomic E-state index is 0.0162. The SMILES string of the molecule is Cc1ccc(O[C@@H]2CC[C@@H](N3C(=O)NC(C)(C)C3=O)C2)c2c1OCC21CC1. The number of fused-ring (bicyclic) bond motifs is 2. The number of imide groups is 1. The van der Waals surface area contributed by atoms with Crippen molar-refractivity contribution in [3.63, 3.8) is 0 Å². The van der Waals surface area contributed by atoms with Crippen molar-refractivity contribution in [3.8, 4) is 11.5 Å². The number of urea groups is 1. The Morgan fingerprint density at radius 3 is 2.67 bits per heavy atom. The van der Waals surface area contributed by atoms with Gasteiger partial charge in [-0.2, -0.15) is 0 Å². The maximum Gasteiger partial charge on any atom is 0.325 e. The van der Waals surface area contributed by atoms with Gasteiger partial charge in [0.1, 0.15) is 23.1 Å². The number of benzene rings is 1. The van der Waals surface area contributed by atoms with E-state index in [-0.39, 0.29) is 29.5 Å². The molecule has 1 saturated heterocycles. The molecule has 2 heterocycles. The van der Waals surface area contributed by atoms with Gasteiger partial charge in [0, 0.05) is 23.4 Å². The van der Waals surface area contributed by atoms with Gasteiger partial charge in [0.2, 0.25) is 0 Å². The first-order valence-electron chi connectivity index (χ1n) is 9.90. The highest BCUT2D eigenvalue weighted by atomic mass is 16.5. The van der Waals surface area contributed by atoms with Crippen LogP contribution in [0, 0.1) is 6.92 Å². The van der Waals surface area contributed by atoms with Gasteiger partial charge in [-0.3, -0.25) is 9.69 Å². The van der Waals surface area contributed by atoms with Crippen LogP contribution in [-0.4, -0.2) is 41.1 Å². The number of ether oxygens (including phenoxy) is 2. The Labute approximate surface area is 159 Å². The van der Waals surface area contributed by atoms with E-state index in [1.165, 1.54) is 10.5 Å². The number of rotatable bonds is 3. The van der Waals surface area contributed by atoms with Gasteiger partial charge >= 0.3 is 6.03 Å². The molecule has 2 saturated carbocycles. The summed E-state index contributed by atoms with van der Waals surface area (Å²) in [6.07, 6.45) is 4.65. The Kier molecular flexibility index (Phi) is 3.38. The van der Waals surface area contributed by atoms with Gasteiger partial charge < -0.3 is 14.8 Å². The van der Waals surface area contributed by atoms with E-state index in [0.29, 0.717) is 6.42 Å². The second-order valence-electron chi connectivity index (χ2n) is 9.09. The molecule has 0 bridgehead atoms. The molecule has 0 unspecified atom stereocenters. The van der Waals surface area contributed by atoms with Crippen LogP contribution in [0.4, 0.5) is 4.79 Å². The topological polar surface area (TPSA) is 67.9 Å². The molecule has 27 heavy (non-hydrogen) atoms. The van der Waals surface area contributed by atoms with Crippen molar-refractivity contribution in [1.29, 1.82) is 0 Å². The summed E-state index contributed by atoms with van der Waals surface area (Å²) in [7, 11) is 0. The summed E-state index contributed by atoms with van der Waals surface area (Å²) in [4.78, 5) is 26.2. The fourth-order valence-corrected chi connectivity index (χ4v) is 4.83. The molecule has 1 N–H and O–H groups in total. The molecule has 1 spiro atoms. The zero-order chi connectivity index (χ0) is 19.0. The van der Waals surface area contributed by atoms with E-state index in [2.05, 4.69) is 24.4 Å². The number of carbonyl (C=O) groups excluding carboxylic acids is 2. The Balaban J connectivity index is 1.34. The summed E-state index contributed by atoms with van der Waals surface area (Å²) >= 11 is 0. The lowest BCUT2D eigenvalue weighted by Crippen LogP contribution is -2.42. The van der Waals surface area contributed by atoms with Crippen LogP contribution in [-0.2, 0) is 10.2 Å². The number of amides is 3. The van der Waals surface area contributed by atoms with Crippen LogP contribution in [0.3, 0.4) is 0 Å². The maximum atomic E-state index is 12.6. The van der Waals surface area contributed by atoms with Crippen LogP contribution in [0.25, 0.3) is 0 Å². The Morgan fingerprint density at radius 2 is 2.00 bits per heavy atom. The summed E-state index contributed by atoms with van der Waals surface area (Å²) in [6.45, 7) is 6.34. The molecular formula is C21H26N2O4. The molecule has 3 amide bonds. The molecule has 6 heteroatoms. The summed E-state index contributed by atoms with van der Waals surface area (Å²) in [5.41, 5.74) is 1.74. The second kappa shape index (κ2) is 5.40. The van der Waals surface area contributed by atoms with Gasteiger partial charge in [0.25, 0.3) is 5.91 Å². The lowest BCUT2D eigenvalue weighted by Gasteiger charge is -2.23. The van der Waals surface area contributed by atoms with Crippen molar-refractivity contribution in [2.24, 2.45) is 0 Å². The first kappa shape index (κ1) is 16.9. The monoisotopic (exact) mass is 370 g/mol. The molecule has 2 aliphatic carbocycles. The molecule has 5 rings (SSSR count). The summed E-state index contributed by atoms with van der Waals surface area (Å²) < 4.78 is 12.4. The van der Waals surface area contributed by atoms with Gasteiger partial charge in [-0.25, -0.2) is 4.79 Å². The summed E-state index contributed by atoms with van der Waals surface area (Å²) in [6, 6.07) is 3.75. The van der Waals surface area contributed by atoms with Gasteiger partial charge in [0.15, 0.2) is 0 Å². The predicted molar refractivity (Wildman–Crippen MR) is 99.1 cm³/mol. The van der Waals surface area contributed by atoms with E-state index in [0.717, 1.165) is 49.4 Å². The Bertz CT molecular complexity index is 843. The smallest absolute Gasteiger partial charge is 0.325 e. The fraction of sp³-hybridized carbons (Fsp3) is 0.619. The van der Waals surface area contributed by atoms with Gasteiger partial charge in [-0.05, 0) is 58.1 Å². The van der Waals surface area contributed by atoms with E-state index < -0.39 is 5.54 Å². The van der Waals surface area contributed by atoms with Crippen LogP contribution in [0.15, 0.2) is 12.1 Å². The second-order valence-corrected chi connectivity index (χ2v) is 9.09. The molecule has 4 aliphatic rings. The van der Waals surface area contributed by atoms with E-state index in [1.54, 1.807) is 13.8 Å². The quantitative estimate of drug-likeness (QED) is 0.831. The third-order valence-corrected chi connectivity index (χ3v) is 6.60. The van der Waals surface area contributed by atoms with Crippen molar-refractivity contribution in [2.75, 3.05) is 6.61 Å². The molecule has 0 aromatic heterocycles. The molecule has 1 aromatic rings. The largest absolute Gasteiger partial charge is 0.492 e. The van der Waals surface area contributed by atoms with Crippen molar-refractivity contribution >= 4 is 11.9 Å². The maximum absolute atomic E-state index is 12.6. The molecule has 0 radical (unpaired) electrons. The molecule has 2 atom stereocenters. The summed E-state index contributed by atoms with van der Waals surface area (Å²) in [5, 5.41) is 2.77. The van der Waals surface area contributed by atoms with Crippen LogP contribution in [0.1, 0.15) is 57.1 Å². The van der Waals surface area contributed by atoms with Crippen LogP contribution < -0.4 is 14.8 Å². The first-order valence-corrected chi connectivity index (χ1v) is 9.90. The number of hydrogen-bond acceptors (Lipinski definition) is 4. The van der Waals surface area contributed by atoms with Crippen LogP contribution in [0.5, 0.6) is 11.5 Å². The first-order chi connectivity index (χ1) is 12.8. The zero-order valence-corrected chi connectivity index (χ0v) is 16.1. The lowest BCUT2D eigenvalue weighted by atomic mass is 9.95. The fourth-order valence-electron chi connectivity index (χ4n) is 4.83. The standard InChI is InChI=1S/C21H26N2O4/c1-12-4-7-15(16-17(12)26-11-21(16)8-9-21)27-14-6-5-13(10-14)23-18(24)20(2,3)22-19(23)25/h4,7,13-14H,5-6,8-11H2,1-3H3,(H,22,25)/t13-,14-/m1/s1. The van der Waals surface area contributed by atoms with Gasteiger partial charge in [-0.15, -0.1) is 0 Å². The van der Waals surface area contributed by atoms with E-state index in [1.807, 2.05) is 0 Å². The number of carbonyl (C=O) groups is 2. The third kappa shape index (κ3) is 2.45. The molecule has 6 nitrogen and oxygen atoms in total. The summed E-state index contributed by atoms with van der Waals surface area (Å²) in [5.74, 6) is 1.78. The minimum Gasteiger partial charge on any atom is -0.492 e. The number of hydrogen-bond donors (Lipinski definition) is 1. The highest BCUT2D eigenvalue weighted by molar-refractivity contribution is 6.06. The van der Waals surface area contributed by atoms with E-state index in [9.17, 15) is 9.59 Å². The average molecular weight is 370 g/mol. The predicted octanol–water partition coefficient (Wildman–Crippen LogP) is 3.05. The van der Waals surface area contributed by atoms with Crippen molar-refractivity contribution in [1.82, 2.24) is 10.2 Å². The molecule has 1 aromatic carbocycles. The van der Waals surface area contributed by atoms with Crippen molar-refractivity contribution in [3.05, 3.63) is 23.3 Å². The van der Waals surface area contributed by atoms with E-state index in [4.69, 9.17) is 9.47 Å². The highest BCUT2D eigenvalue weighted by Gasteiger charge is 2.53. The van der Waals surface area contributed by atoms with E-state index >= 15 is 0 Å². The lowest BCUT2D eigenvalue weighted by molar-refractivity contribution is -0.131. The van der Waals surface area contributed by atoms with Crippen molar-refractivity contribution < 1.29 is 19.1 Å². The zero-order valence-electron chi connectivity index (χ0n) is 16.1. The Morgan fingerprint density at radius 1 is 1.22 bits per heavy atom. The van der Waals surface area contributed by atoms with Gasteiger partial charge in [0.05, 0.1) is 6.61 Å². The van der Waals surface area contributed by atoms with Gasteiger partial charge in [-0.1, -0.05) is 6.07 Å². The highest BCUT2D eigenvalue weighted by Crippen LogP contribution is 2.59. The molecular weight excluding hydrogens is 344 g/mol. The molecule has 144 valence electrons. The normalized spacial score (nSPS) is 29.7. The molecule has 3 fully saturated rings. The number of nitrogens with zero attached hydrogens (tertiary/aromatic N) is 1. The minimum atomic E-state index is -0.816. The van der Waals surface area contributed by atoms with Crippen LogP contribution >= 0.6 is 0 Å². The van der Waals surface area contributed by atoms with Crippen molar-refractivity contribution in [2.45, 2.75) is 76.0 Å². The third-order valence-electron chi connectivity index (χ3n) is 6.60. The number of aryl methyl sites for hydroxylation is 1. The molecule has 2 aliphatic heterocycles. The Hall–Kier alpha value is -2.24. The van der Waals surface area contributed by atoms with Crippen LogP contribution in [0.2, 0.25) is 0 Å². The average Bonchev–Trinajstić information content (AvgIpc) is 2.96.